The van der Waals surface area contributed by atoms with E-state index in [1.165, 1.54) is 19.1 Å². The fourth-order valence-corrected chi connectivity index (χ4v) is 3.30. The number of nitrogens with two attached hydrogens (primary N) is 1. The molecule has 0 aliphatic heterocycles. The Kier molecular flexibility index (Phi) is 10.2. The molecule has 3 amide bonds. The van der Waals surface area contributed by atoms with E-state index < -0.39 is 47.9 Å². The Morgan fingerprint density at radius 3 is 1.86 bits per heavy atom. The summed E-state index contributed by atoms with van der Waals surface area (Å²) in [6.45, 7) is 0.871. The minimum Gasteiger partial charge on any atom is -0.508 e. The van der Waals surface area contributed by atoms with Crippen LogP contribution in [0.2, 0.25) is 0 Å². The summed E-state index contributed by atoms with van der Waals surface area (Å²) < 4.78 is 0. The number of benzene rings is 2. The molecule has 0 aliphatic carbocycles. The third kappa shape index (κ3) is 8.72. The number of aliphatic carboxylic acids is 1. The molecule has 0 saturated heterocycles. The average Bonchev–Trinajstić information content (AvgIpc) is 2.82. The number of amides is 3. The number of phenols is 1. The van der Waals surface area contributed by atoms with E-state index in [1.54, 1.807) is 42.5 Å². The molecule has 4 unspecified atom stereocenters. The van der Waals surface area contributed by atoms with Crippen molar-refractivity contribution in [2.24, 2.45) is 5.73 Å². The highest BCUT2D eigenvalue weighted by Crippen LogP contribution is 2.12. The van der Waals surface area contributed by atoms with E-state index in [0.29, 0.717) is 5.56 Å². The minimum absolute atomic E-state index is 0.00579. The molecule has 11 heteroatoms. The molecule has 2 rings (SSSR count). The van der Waals surface area contributed by atoms with Gasteiger partial charge in [-0.3, -0.25) is 14.4 Å². The number of aromatic hydroxyl groups is 1. The number of carboxylic acids is 1. The molecular weight excluding hydrogens is 456 g/mol. The summed E-state index contributed by atoms with van der Waals surface area (Å²) in [6.07, 6.45) is -1.32. The van der Waals surface area contributed by atoms with Crippen LogP contribution < -0.4 is 21.7 Å². The number of aliphatic hydroxyl groups excluding tert-OH is 1. The smallest absolute Gasteiger partial charge is 0.328 e. The van der Waals surface area contributed by atoms with Gasteiger partial charge in [-0.05, 0) is 30.2 Å². The van der Waals surface area contributed by atoms with E-state index in [9.17, 15) is 34.5 Å². The van der Waals surface area contributed by atoms with Gasteiger partial charge in [0, 0.05) is 12.8 Å². The van der Waals surface area contributed by atoms with E-state index in [2.05, 4.69) is 16.0 Å². The van der Waals surface area contributed by atoms with Gasteiger partial charge in [0.2, 0.25) is 17.7 Å². The standard InChI is InChI=1S/C24H30N4O7/c1-14(29)21(24(34)35)28-23(33)19(12-16-7-9-17(30)10-8-16)27-22(32)18(26-20(31)13-25)11-15-5-3-2-4-6-15/h2-10,14,18-19,21,29-30H,11-13,25H2,1H3,(H,26,31)(H,27,32)(H,28,33)(H,34,35). The van der Waals surface area contributed by atoms with Crippen molar-refractivity contribution in [1.82, 2.24) is 16.0 Å². The Morgan fingerprint density at radius 1 is 0.829 bits per heavy atom. The predicted octanol–water partition coefficient (Wildman–Crippen LogP) is -0.944. The van der Waals surface area contributed by atoms with Crippen molar-refractivity contribution in [3.05, 3.63) is 65.7 Å². The van der Waals surface area contributed by atoms with Crippen molar-refractivity contribution in [3.63, 3.8) is 0 Å². The lowest BCUT2D eigenvalue weighted by Gasteiger charge is -2.25. The van der Waals surface area contributed by atoms with Crippen LogP contribution in [0.3, 0.4) is 0 Å². The monoisotopic (exact) mass is 486 g/mol. The lowest BCUT2D eigenvalue weighted by atomic mass is 10.0. The fraction of sp³-hybridized carbons (Fsp3) is 0.333. The Morgan fingerprint density at radius 2 is 1.34 bits per heavy atom. The number of hydrogen-bond acceptors (Lipinski definition) is 7. The van der Waals surface area contributed by atoms with Crippen LogP contribution in [0.25, 0.3) is 0 Å². The summed E-state index contributed by atoms with van der Waals surface area (Å²) >= 11 is 0. The molecule has 8 N–H and O–H groups in total. The van der Waals surface area contributed by atoms with Crippen LogP contribution in [0.1, 0.15) is 18.1 Å². The summed E-state index contributed by atoms with van der Waals surface area (Å²) in [5.41, 5.74) is 6.70. The van der Waals surface area contributed by atoms with E-state index in [1.807, 2.05) is 0 Å². The summed E-state index contributed by atoms with van der Waals surface area (Å²) in [5.74, 6) is -3.53. The molecule has 4 atom stereocenters. The number of carboxylic acid groups (broad SMARTS) is 1. The first-order chi connectivity index (χ1) is 16.6. The van der Waals surface area contributed by atoms with Crippen LogP contribution in [0.4, 0.5) is 0 Å². The maximum atomic E-state index is 13.2. The number of carbonyl (C=O) groups excluding carboxylic acids is 3. The first-order valence-electron chi connectivity index (χ1n) is 10.9. The van der Waals surface area contributed by atoms with Crippen LogP contribution >= 0.6 is 0 Å². The number of rotatable bonds is 12. The van der Waals surface area contributed by atoms with Crippen LogP contribution in [0.15, 0.2) is 54.6 Å². The molecule has 188 valence electrons. The van der Waals surface area contributed by atoms with Crippen molar-refractivity contribution >= 4 is 23.7 Å². The van der Waals surface area contributed by atoms with Gasteiger partial charge in [-0.2, -0.15) is 0 Å². The van der Waals surface area contributed by atoms with Crippen LogP contribution in [0, 0.1) is 0 Å². The molecule has 0 saturated carbocycles. The Labute approximate surface area is 202 Å². The van der Waals surface area contributed by atoms with Crippen molar-refractivity contribution in [2.75, 3.05) is 6.54 Å². The quantitative estimate of drug-likeness (QED) is 0.200. The maximum Gasteiger partial charge on any atom is 0.328 e. The normalized spacial score (nSPS) is 14.1. The topological polar surface area (TPSA) is 191 Å². The summed E-state index contributed by atoms with van der Waals surface area (Å²) in [4.78, 5) is 49.5. The molecule has 0 spiro atoms. The molecule has 2 aromatic rings. The minimum atomic E-state index is -1.60. The third-order valence-corrected chi connectivity index (χ3v) is 5.18. The molecule has 0 aliphatic rings. The largest absolute Gasteiger partial charge is 0.508 e. The van der Waals surface area contributed by atoms with Gasteiger partial charge in [0.05, 0.1) is 12.6 Å². The van der Waals surface area contributed by atoms with Gasteiger partial charge in [0.15, 0.2) is 6.04 Å². The summed E-state index contributed by atoms with van der Waals surface area (Å²) in [7, 11) is 0. The molecule has 0 fully saturated rings. The van der Waals surface area contributed by atoms with Gasteiger partial charge >= 0.3 is 5.97 Å². The fourth-order valence-electron chi connectivity index (χ4n) is 3.30. The molecular formula is C24H30N4O7. The van der Waals surface area contributed by atoms with Gasteiger partial charge in [-0.1, -0.05) is 42.5 Å². The number of nitrogens with one attached hydrogen (secondary N) is 3. The van der Waals surface area contributed by atoms with Gasteiger partial charge in [-0.15, -0.1) is 0 Å². The Hall–Kier alpha value is -3.96. The maximum absolute atomic E-state index is 13.2. The van der Waals surface area contributed by atoms with Crippen molar-refractivity contribution < 1.29 is 34.5 Å². The Bertz CT molecular complexity index is 1010. The zero-order chi connectivity index (χ0) is 26.0. The molecule has 0 aromatic heterocycles. The SMILES string of the molecule is CC(O)C(NC(=O)C(Cc1ccc(O)cc1)NC(=O)C(Cc1ccccc1)NC(=O)CN)C(=O)O. The highest BCUT2D eigenvalue weighted by Gasteiger charge is 2.31. The molecule has 2 aromatic carbocycles. The van der Waals surface area contributed by atoms with Gasteiger partial charge < -0.3 is 37.0 Å². The summed E-state index contributed by atoms with van der Waals surface area (Å²) in [5, 5.41) is 35.9. The second kappa shape index (κ2) is 13.1. The number of phenolic OH excluding ortho intramolecular Hbond substituents is 1. The first kappa shape index (κ1) is 27.3. The van der Waals surface area contributed by atoms with E-state index in [4.69, 9.17) is 5.73 Å². The molecule has 0 bridgehead atoms. The van der Waals surface area contributed by atoms with E-state index >= 15 is 0 Å². The lowest BCUT2D eigenvalue weighted by molar-refractivity contribution is -0.145. The zero-order valence-electron chi connectivity index (χ0n) is 19.2. The number of carbonyl (C=O) groups is 4. The van der Waals surface area contributed by atoms with E-state index in [-0.39, 0.29) is 25.1 Å². The third-order valence-electron chi connectivity index (χ3n) is 5.18. The predicted molar refractivity (Wildman–Crippen MR) is 126 cm³/mol. The molecule has 0 radical (unpaired) electrons. The lowest BCUT2D eigenvalue weighted by Crippen LogP contribution is -2.58. The average molecular weight is 487 g/mol. The second-order valence-corrected chi connectivity index (χ2v) is 8.01. The van der Waals surface area contributed by atoms with Gasteiger partial charge in [-0.25, -0.2) is 4.79 Å². The molecule has 11 nitrogen and oxygen atoms in total. The second-order valence-electron chi connectivity index (χ2n) is 8.01. The van der Waals surface area contributed by atoms with Crippen molar-refractivity contribution in [1.29, 1.82) is 0 Å². The van der Waals surface area contributed by atoms with Gasteiger partial charge in [0.1, 0.15) is 17.8 Å². The summed E-state index contributed by atoms with van der Waals surface area (Å²) in [6, 6.07) is 10.9. The number of aliphatic hydroxyl groups is 1. The first-order valence-corrected chi connectivity index (χ1v) is 10.9. The van der Waals surface area contributed by atoms with Crippen molar-refractivity contribution in [3.8, 4) is 5.75 Å². The van der Waals surface area contributed by atoms with E-state index in [0.717, 1.165) is 5.56 Å². The number of hydrogen-bond donors (Lipinski definition) is 7. The van der Waals surface area contributed by atoms with Crippen LogP contribution in [-0.4, -0.2) is 69.8 Å². The zero-order valence-corrected chi connectivity index (χ0v) is 19.2. The molecule has 0 heterocycles. The van der Waals surface area contributed by atoms with Crippen molar-refractivity contribution in [2.45, 2.75) is 44.0 Å². The van der Waals surface area contributed by atoms with Gasteiger partial charge in [0.25, 0.3) is 0 Å². The Balaban J connectivity index is 2.28. The molecule has 35 heavy (non-hydrogen) atoms. The highest BCUT2D eigenvalue weighted by molar-refractivity contribution is 5.94. The highest BCUT2D eigenvalue weighted by atomic mass is 16.4. The van der Waals surface area contributed by atoms with Crippen LogP contribution in [0.5, 0.6) is 5.75 Å². The van der Waals surface area contributed by atoms with Crippen LogP contribution in [-0.2, 0) is 32.0 Å².